The first kappa shape index (κ1) is 13.0. The van der Waals surface area contributed by atoms with Crippen LogP contribution in [0.2, 0.25) is 0 Å². The van der Waals surface area contributed by atoms with Crippen molar-refractivity contribution < 1.29 is 39.5 Å². The third-order valence-electron chi connectivity index (χ3n) is 2.13. The van der Waals surface area contributed by atoms with Crippen LogP contribution < -0.4 is 0 Å². The second kappa shape index (κ2) is 4.08. The maximum atomic E-state index is 10.6. The second-order valence-electron chi connectivity index (χ2n) is 3.44. The zero-order valence-corrected chi connectivity index (χ0v) is 8.49. The van der Waals surface area contributed by atoms with E-state index in [2.05, 4.69) is 4.74 Å². The number of rotatable bonds is 3. The number of aliphatic hydroxyl groups is 4. The number of hydrogen-bond donors (Lipinski definition) is 6. The molecular weight excluding hydrogens is 231 g/mol. The van der Waals surface area contributed by atoms with E-state index < -0.39 is 44.5 Å². The molecule has 9 heteroatoms. The lowest BCUT2D eigenvalue weighted by atomic mass is 10.1. The second-order valence-corrected chi connectivity index (χ2v) is 5.09. The van der Waals surface area contributed by atoms with Crippen molar-refractivity contribution in [1.82, 2.24) is 0 Å². The van der Waals surface area contributed by atoms with Crippen LogP contribution in [-0.4, -0.2) is 67.1 Å². The fourth-order valence-corrected chi connectivity index (χ4v) is 2.29. The van der Waals surface area contributed by atoms with Crippen molar-refractivity contribution in [2.75, 3.05) is 12.8 Å². The van der Waals surface area contributed by atoms with Crippen molar-refractivity contribution in [2.24, 2.45) is 0 Å². The van der Waals surface area contributed by atoms with Crippen molar-refractivity contribution >= 4 is 7.60 Å². The molecule has 1 heterocycles. The van der Waals surface area contributed by atoms with E-state index >= 15 is 0 Å². The Morgan fingerprint density at radius 1 is 1.33 bits per heavy atom. The first-order valence-corrected chi connectivity index (χ1v) is 5.91. The van der Waals surface area contributed by atoms with Crippen LogP contribution in [0.15, 0.2) is 0 Å². The lowest BCUT2D eigenvalue weighted by Crippen LogP contribution is -2.46. The van der Waals surface area contributed by atoms with Crippen LogP contribution in [0.25, 0.3) is 0 Å². The molecule has 1 fully saturated rings. The van der Waals surface area contributed by atoms with Crippen molar-refractivity contribution in [3.8, 4) is 0 Å². The van der Waals surface area contributed by atoms with Crippen molar-refractivity contribution in [2.45, 2.75) is 24.1 Å². The minimum atomic E-state index is -4.61. The highest BCUT2D eigenvalue weighted by Gasteiger charge is 2.55. The van der Waals surface area contributed by atoms with Gasteiger partial charge >= 0.3 is 7.60 Å². The van der Waals surface area contributed by atoms with E-state index in [0.29, 0.717) is 0 Å². The van der Waals surface area contributed by atoms with E-state index in [1.54, 1.807) is 0 Å². The minimum Gasteiger partial charge on any atom is -0.394 e. The molecule has 0 saturated carbocycles. The average molecular weight is 244 g/mol. The molecule has 0 bridgehead atoms. The van der Waals surface area contributed by atoms with Gasteiger partial charge in [-0.2, -0.15) is 0 Å². The molecule has 0 unspecified atom stereocenters. The molecule has 0 aromatic heterocycles. The molecule has 6 N–H and O–H groups in total. The Balaban J connectivity index is 2.82. The first-order valence-electron chi connectivity index (χ1n) is 4.11. The predicted octanol–water partition coefficient (Wildman–Crippen LogP) is -3.03. The van der Waals surface area contributed by atoms with E-state index in [-0.39, 0.29) is 0 Å². The van der Waals surface area contributed by atoms with Crippen LogP contribution in [0, 0.1) is 0 Å². The van der Waals surface area contributed by atoms with Crippen molar-refractivity contribution in [3.05, 3.63) is 0 Å². The summed E-state index contributed by atoms with van der Waals surface area (Å²) in [6.45, 7) is -0.679. The van der Waals surface area contributed by atoms with Gasteiger partial charge in [0.15, 0.2) is 0 Å². The Morgan fingerprint density at radius 2 is 1.87 bits per heavy atom. The molecule has 0 aromatic rings. The minimum absolute atomic E-state index is 0.679. The van der Waals surface area contributed by atoms with Gasteiger partial charge in [0.2, 0.25) is 5.79 Å². The smallest absolute Gasteiger partial charge is 0.331 e. The van der Waals surface area contributed by atoms with E-state index in [4.69, 9.17) is 14.9 Å². The highest BCUT2D eigenvalue weighted by molar-refractivity contribution is 7.51. The fraction of sp³-hybridized carbons (Fsp3) is 1.00. The van der Waals surface area contributed by atoms with Crippen LogP contribution in [0.1, 0.15) is 0 Å². The van der Waals surface area contributed by atoms with Crippen molar-refractivity contribution in [1.29, 1.82) is 0 Å². The lowest BCUT2D eigenvalue weighted by Gasteiger charge is -2.25. The molecular formula is C6H13O8P. The highest BCUT2D eigenvalue weighted by atomic mass is 31.2. The van der Waals surface area contributed by atoms with Crippen LogP contribution >= 0.6 is 7.60 Å². The summed E-state index contributed by atoms with van der Waals surface area (Å²) in [6.07, 6.45) is -5.88. The number of aliphatic hydroxyl groups excluding tert-OH is 3. The summed E-state index contributed by atoms with van der Waals surface area (Å²) in [5.41, 5.74) is 0. The third-order valence-corrected chi connectivity index (χ3v) is 3.00. The lowest BCUT2D eigenvalue weighted by molar-refractivity contribution is -0.216. The monoisotopic (exact) mass is 244 g/mol. The Hall–Kier alpha value is -0.0500. The summed E-state index contributed by atoms with van der Waals surface area (Å²) in [6, 6.07) is 0. The summed E-state index contributed by atoms with van der Waals surface area (Å²) >= 11 is 0. The van der Waals surface area contributed by atoms with Gasteiger partial charge in [0.1, 0.15) is 24.5 Å². The molecule has 90 valence electrons. The predicted molar refractivity (Wildman–Crippen MR) is 45.8 cm³/mol. The Bertz CT molecular complexity index is 276. The van der Waals surface area contributed by atoms with Gasteiger partial charge in [-0.3, -0.25) is 4.57 Å². The summed E-state index contributed by atoms with van der Waals surface area (Å²) in [7, 11) is -4.61. The molecule has 0 amide bonds. The molecule has 1 aliphatic heterocycles. The van der Waals surface area contributed by atoms with Crippen LogP contribution in [0.4, 0.5) is 0 Å². The Labute approximate surface area is 84.9 Å². The van der Waals surface area contributed by atoms with Gasteiger partial charge in [0.25, 0.3) is 0 Å². The molecule has 1 aliphatic rings. The van der Waals surface area contributed by atoms with Crippen LogP contribution in [0.3, 0.4) is 0 Å². The van der Waals surface area contributed by atoms with Gasteiger partial charge in [-0.05, 0) is 0 Å². The van der Waals surface area contributed by atoms with Crippen LogP contribution in [0.5, 0.6) is 0 Å². The van der Waals surface area contributed by atoms with E-state index in [1.165, 1.54) is 0 Å². The number of ether oxygens (including phenoxy) is 1. The standard InChI is InChI=1S/C6H13O8P/c7-1-3-4(8)5(9)6(10,14-3)2-15(11,12)13/h3-5,7-10H,1-2H2,(H2,11,12,13)/t3-,4-,5+,6+/m1/s1. The maximum absolute atomic E-state index is 10.6. The molecule has 1 saturated heterocycles. The summed E-state index contributed by atoms with van der Waals surface area (Å²) in [5, 5.41) is 36.8. The molecule has 1 rings (SSSR count). The fourth-order valence-electron chi connectivity index (χ4n) is 1.44. The van der Waals surface area contributed by atoms with E-state index in [1.807, 2.05) is 0 Å². The van der Waals surface area contributed by atoms with Gasteiger partial charge in [0, 0.05) is 0 Å². The molecule has 0 aromatic carbocycles. The van der Waals surface area contributed by atoms with Crippen molar-refractivity contribution in [3.63, 3.8) is 0 Å². The summed E-state index contributed by atoms with van der Waals surface area (Å²) in [5.74, 6) is -2.54. The first-order chi connectivity index (χ1) is 6.69. The molecule has 8 nitrogen and oxygen atoms in total. The average Bonchev–Trinajstić information content (AvgIpc) is 2.27. The molecule has 4 atom stereocenters. The highest BCUT2D eigenvalue weighted by Crippen LogP contribution is 2.43. The van der Waals surface area contributed by atoms with Gasteiger partial charge in [-0.25, -0.2) is 0 Å². The molecule has 15 heavy (non-hydrogen) atoms. The quantitative estimate of drug-likeness (QED) is 0.287. The normalized spacial score (nSPS) is 42.1. The van der Waals surface area contributed by atoms with Gasteiger partial charge in [-0.1, -0.05) is 0 Å². The zero-order chi connectivity index (χ0) is 11.9. The maximum Gasteiger partial charge on any atom is 0.331 e. The summed E-state index contributed by atoms with van der Waals surface area (Å²) in [4.78, 5) is 17.2. The van der Waals surface area contributed by atoms with E-state index in [0.717, 1.165) is 0 Å². The van der Waals surface area contributed by atoms with Gasteiger partial charge < -0.3 is 34.9 Å². The Kier molecular flexibility index (Phi) is 3.54. The van der Waals surface area contributed by atoms with Crippen LogP contribution in [-0.2, 0) is 9.30 Å². The Morgan fingerprint density at radius 3 is 2.20 bits per heavy atom. The summed E-state index contributed by atoms with van der Waals surface area (Å²) < 4.78 is 15.3. The number of hydrogen-bond acceptors (Lipinski definition) is 6. The molecule has 0 spiro atoms. The van der Waals surface area contributed by atoms with Gasteiger partial charge in [0.05, 0.1) is 6.61 Å². The topological polar surface area (TPSA) is 148 Å². The van der Waals surface area contributed by atoms with Gasteiger partial charge in [-0.15, -0.1) is 0 Å². The SMILES string of the molecule is O=P(O)(O)C[C@]1(O)O[C@H](CO)[C@@H](O)[C@@H]1O. The third kappa shape index (κ3) is 2.74. The molecule has 0 radical (unpaired) electrons. The largest absolute Gasteiger partial charge is 0.394 e. The van der Waals surface area contributed by atoms with E-state index in [9.17, 15) is 19.9 Å². The zero-order valence-electron chi connectivity index (χ0n) is 7.59. The molecule has 0 aliphatic carbocycles.